The molecule has 117 heavy (non-hydrogen) atoms. The number of nitrogens with zero attached hydrogens (tertiary/aromatic N) is 3. The average Bonchev–Trinajstić information content (AvgIpc) is 0.719. The molecule has 22 nitrogen and oxygen atoms in total. The maximum atomic E-state index is 16.0. The number of carbonyl (C=O) groups is 1. The largest absolute Gasteiger partial charge is 0.497 e. The Bertz CT molecular complexity index is 5320. The van der Waals surface area contributed by atoms with Gasteiger partial charge >= 0.3 is 6.09 Å². The minimum absolute atomic E-state index is 0. The van der Waals surface area contributed by atoms with Gasteiger partial charge in [0.05, 0.1) is 88.4 Å². The number of carbonyl (C=O) groups excluding carboxylic acids is 1. The van der Waals surface area contributed by atoms with Gasteiger partial charge in [0, 0.05) is 21.0 Å². The zero-order chi connectivity index (χ0) is 84.9. The summed E-state index contributed by atoms with van der Waals surface area (Å²) >= 11 is 0. The number of benzene rings is 8. The van der Waals surface area contributed by atoms with Crippen molar-refractivity contribution in [3.8, 4) is 17.2 Å². The SMILES string of the molecule is C.COc1ccc(F)c([C@@]2(COCc3ccccc3)N=C(N)C(C)(C)S(=O)(=O)C2CC(O)c2ccc(F)cc2)c1.COc1ccc(F)c([C@@]2(COCc3ccccc3)N=C(NC(=O)OC(C)(C)C)C(C)(C)S(=O)(=O)C2CC(O)c2ccc(F)cc2)c1.COc1ccc(F)c([C@]23CO[C@@H](c4ccc(F)cc4)C[C@H]2S(=O)(=O)C(C)(C)C(N)=N3)c1.[HH].[HH].[HH]. The number of amides is 1. The monoisotopic (exact) mass is 1690 g/mol. The maximum absolute atomic E-state index is 16.0. The van der Waals surface area contributed by atoms with E-state index in [1.54, 1.807) is 32.9 Å². The number of nitrogens with two attached hydrogens (primary N) is 2. The molecule has 0 radical (unpaired) electrons. The van der Waals surface area contributed by atoms with Gasteiger partial charge in [-0.1, -0.05) is 104 Å². The second-order valence-electron chi connectivity index (χ2n) is 31.2. The van der Waals surface area contributed by atoms with Gasteiger partial charge < -0.3 is 54.8 Å². The van der Waals surface area contributed by atoms with Crippen molar-refractivity contribution >= 4 is 53.1 Å². The smallest absolute Gasteiger partial charge is 0.413 e. The van der Waals surface area contributed by atoms with Crippen molar-refractivity contribution < 1.29 is 104 Å². The number of hydrogen-bond donors (Lipinski definition) is 5. The lowest BCUT2D eigenvalue weighted by molar-refractivity contribution is -0.0298. The van der Waals surface area contributed by atoms with Crippen molar-refractivity contribution in [2.45, 2.75) is 173 Å². The molecule has 8 aromatic carbocycles. The number of alkyl carbamates (subject to hydrolysis) is 1. The molecule has 4 aliphatic rings. The van der Waals surface area contributed by atoms with Gasteiger partial charge in [-0.3, -0.25) is 20.3 Å². The molecular weight excluding hydrogens is 1580 g/mol. The van der Waals surface area contributed by atoms with Crippen LogP contribution in [0.2, 0.25) is 0 Å². The standard InChI is InChI=1S/C34H40F2N2O7S.C29H32F2N2O5S.C22H24F2N2O4S.CH4.3H2/c1-32(2,3)45-31(40)37-30-33(4,5)46(41,42)29(19-28(39)23-12-14-24(35)15-13-23)34(38-30,21-44-20-22-10-8-7-9-11-22)26-18-25(43-6)16-17-27(26)36;1-28(2)27(32)33-29(18-38-17-19-7-5-4-6-8-19,23-15-22(37-3)13-14-24(23)31)26(39(28,35)36)16-25(34)20-9-11-21(30)12-10-20;1-21(2)20(25)26-22(16-10-15(29-3)8-9-17(16)24)12-30-18(11-19(22)31(21,27)28)13-4-6-14(23)7-5-13;;;;/h7-18,28-29,39H,19-21H2,1-6H3,(H,37,38,40);4-15,25-26,34H,16-18H2,1-3H3,(H2,32,33);4-10,18-19H,11-12H2,1-3H3,(H2,25,26);1H4;3*1H/t28?,29?,34-;25?,26?,29-;18-,19-,22-;;;;/m111..../s1. The molecule has 0 aliphatic carbocycles. The lowest BCUT2D eigenvalue weighted by Crippen LogP contribution is -2.64. The van der Waals surface area contributed by atoms with E-state index in [1.165, 1.54) is 160 Å². The number of fused-ring (bicyclic) bond motifs is 1. The zero-order valence-corrected chi connectivity index (χ0v) is 68.6. The summed E-state index contributed by atoms with van der Waals surface area (Å²) in [4.78, 5) is 27.1. The molecule has 7 N–H and O–H groups in total. The number of ether oxygens (including phenoxy) is 7. The van der Waals surface area contributed by atoms with E-state index in [1.807, 2.05) is 60.7 Å². The third-order valence-electron chi connectivity index (χ3n) is 21.6. The fourth-order valence-corrected chi connectivity index (χ4v) is 21.3. The highest BCUT2D eigenvalue weighted by molar-refractivity contribution is 7.95. The van der Waals surface area contributed by atoms with Crippen molar-refractivity contribution in [2.24, 2.45) is 26.4 Å². The van der Waals surface area contributed by atoms with E-state index in [0.29, 0.717) is 16.9 Å². The second-order valence-corrected chi connectivity index (χ2v) is 39.2. The van der Waals surface area contributed by atoms with Gasteiger partial charge in [0.2, 0.25) is 0 Å². The number of aliphatic imine (C=N–C) groups is 3. The van der Waals surface area contributed by atoms with Crippen LogP contribution in [0.4, 0.5) is 31.1 Å². The van der Waals surface area contributed by atoms with Gasteiger partial charge in [-0.05, 0) is 200 Å². The Morgan fingerprint density at radius 2 is 0.906 bits per heavy atom. The van der Waals surface area contributed by atoms with Crippen LogP contribution in [0.25, 0.3) is 0 Å². The molecule has 9 atom stereocenters. The van der Waals surface area contributed by atoms with Crippen LogP contribution in [0.15, 0.2) is 203 Å². The molecule has 1 fully saturated rings. The predicted molar refractivity (Wildman–Crippen MR) is 441 cm³/mol. The van der Waals surface area contributed by atoms with Crippen LogP contribution in [0.1, 0.15) is 156 Å². The van der Waals surface area contributed by atoms with Crippen molar-refractivity contribution in [1.82, 2.24) is 5.32 Å². The first-order valence-corrected chi connectivity index (χ1v) is 41.6. The van der Waals surface area contributed by atoms with E-state index >= 15 is 13.2 Å². The predicted octanol–water partition coefficient (Wildman–Crippen LogP) is 15.1. The third kappa shape index (κ3) is 18.7. The molecule has 1 saturated heterocycles. The van der Waals surface area contributed by atoms with E-state index in [-0.39, 0.29) is 102 Å². The molecule has 0 aromatic heterocycles. The number of amidine groups is 3. The van der Waals surface area contributed by atoms with Crippen molar-refractivity contribution in [2.75, 3.05) is 41.2 Å². The summed E-state index contributed by atoms with van der Waals surface area (Å²) in [6.07, 6.45) is -5.15. The zero-order valence-electron chi connectivity index (χ0n) is 66.1. The molecule has 12 rings (SSSR count). The Morgan fingerprint density at radius 3 is 1.32 bits per heavy atom. The summed E-state index contributed by atoms with van der Waals surface area (Å²) in [6.45, 7) is 12.6. The van der Waals surface area contributed by atoms with Crippen molar-refractivity contribution in [1.29, 1.82) is 0 Å². The van der Waals surface area contributed by atoms with E-state index < -0.39 is 154 Å². The Balaban J connectivity index is 0.000000279. The molecule has 31 heteroatoms. The number of nitrogens with one attached hydrogen (secondary N) is 1. The molecule has 0 spiro atoms. The fourth-order valence-electron chi connectivity index (χ4n) is 14.5. The van der Waals surface area contributed by atoms with Crippen LogP contribution in [0, 0.1) is 34.9 Å². The quantitative estimate of drug-likeness (QED) is 0.0417. The molecule has 636 valence electrons. The highest BCUT2D eigenvalue weighted by Crippen LogP contribution is 2.53. The highest BCUT2D eigenvalue weighted by atomic mass is 32.2. The van der Waals surface area contributed by atoms with E-state index in [9.17, 15) is 53.4 Å². The number of halogens is 6. The third-order valence-corrected chi connectivity index (χ3v) is 30.4. The molecule has 4 unspecified atom stereocenters. The second kappa shape index (κ2) is 35.8. The topological polar surface area (TPSA) is 326 Å². The number of aliphatic hydroxyl groups is 2. The Hall–Kier alpha value is -9.73. The van der Waals surface area contributed by atoms with Crippen LogP contribution in [0.5, 0.6) is 17.2 Å². The normalized spacial score (nSPS) is 23.5. The average molecular weight is 1690 g/mol. The van der Waals surface area contributed by atoms with Crippen LogP contribution in [0.3, 0.4) is 0 Å². The van der Waals surface area contributed by atoms with Gasteiger partial charge in [-0.25, -0.2) is 56.4 Å². The lowest BCUT2D eigenvalue weighted by Gasteiger charge is -2.49. The molecule has 0 bridgehead atoms. The van der Waals surface area contributed by atoms with E-state index in [0.717, 1.165) is 29.3 Å². The van der Waals surface area contributed by atoms with Gasteiger partial charge in [-0.2, -0.15) is 0 Å². The summed E-state index contributed by atoms with van der Waals surface area (Å²) in [6, 6.07) is 45.9. The summed E-state index contributed by atoms with van der Waals surface area (Å²) in [5.74, 6) is -3.34. The molecule has 0 saturated carbocycles. The Labute approximate surface area is 683 Å². The van der Waals surface area contributed by atoms with Crippen molar-refractivity contribution in [3.63, 3.8) is 0 Å². The van der Waals surface area contributed by atoms with Gasteiger partial charge in [0.1, 0.15) is 106 Å². The number of sulfone groups is 3. The fraction of sp³-hybridized carbons (Fsp3) is 0.395. The summed E-state index contributed by atoms with van der Waals surface area (Å²) in [5.41, 5.74) is 8.56. The number of methoxy groups -OCH3 is 3. The van der Waals surface area contributed by atoms with Crippen molar-refractivity contribution in [3.05, 3.63) is 267 Å². The van der Waals surface area contributed by atoms with Gasteiger partial charge in [0.15, 0.2) is 29.5 Å². The molecular formula is C86H106F6N6O16S3. The summed E-state index contributed by atoms with van der Waals surface area (Å²) in [7, 11) is -8.39. The Morgan fingerprint density at radius 1 is 0.530 bits per heavy atom. The number of aliphatic hydroxyl groups excluding tert-OH is 2. The van der Waals surface area contributed by atoms with E-state index in [4.69, 9.17) is 49.6 Å². The summed E-state index contributed by atoms with van der Waals surface area (Å²) < 4.78 is 207. The minimum atomic E-state index is -4.46. The number of hydrogen-bond acceptors (Lipinski definition) is 21. The Kier molecular flexibility index (Phi) is 27.9. The van der Waals surface area contributed by atoms with Crippen LogP contribution >= 0.6 is 0 Å². The molecule has 1 amide bonds. The lowest BCUT2D eigenvalue weighted by atomic mass is 9.81. The van der Waals surface area contributed by atoms with Crippen LogP contribution in [-0.4, -0.2) is 136 Å². The van der Waals surface area contributed by atoms with Gasteiger partial charge in [-0.15, -0.1) is 0 Å². The first-order valence-electron chi connectivity index (χ1n) is 37.0. The summed E-state index contributed by atoms with van der Waals surface area (Å²) in [5, 5.41) is 20.9. The van der Waals surface area contributed by atoms with Crippen LogP contribution in [-0.2, 0) is 78.3 Å². The highest BCUT2D eigenvalue weighted by Gasteiger charge is 2.64. The first kappa shape index (κ1) is 91.2. The molecule has 8 aromatic rings. The molecule has 4 heterocycles. The maximum Gasteiger partial charge on any atom is 0.413 e. The first-order chi connectivity index (χ1) is 54.4. The van der Waals surface area contributed by atoms with Crippen LogP contribution < -0.4 is 31.0 Å². The van der Waals surface area contributed by atoms with Gasteiger partial charge in [0.25, 0.3) is 0 Å². The number of rotatable bonds is 21. The minimum Gasteiger partial charge on any atom is -0.497 e. The van der Waals surface area contributed by atoms with E-state index in [2.05, 4.69) is 15.3 Å². The molecule has 4 aliphatic heterocycles.